The molecule has 0 spiro atoms. The van der Waals surface area contributed by atoms with Crippen molar-refractivity contribution in [2.45, 2.75) is 58.4 Å². The minimum absolute atomic E-state index is 0.714. The van der Waals surface area contributed by atoms with Crippen molar-refractivity contribution in [3.05, 3.63) is 0 Å². The van der Waals surface area contributed by atoms with E-state index in [1.807, 2.05) is 0 Å². The number of esters is 4. The van der Waals surface area contributed by atoms with Crippen LogP contribution in [0.3, 0.4) is 0 Å². The molecule has 1 rings (SSSR count). The quantitative estimate of drug-likeness (QED) is 0.386. The molecule has 9 nitrogen and oxygen atoms in total. The number of rotatable bonds is 4. The van der Waals surface area contributed by atoms with Crippen LogP contribution in [0.15, 0.2) is 0 Å². The first kappa shape index (κ1) is 19.4. The normalized spacial score (nSPS) is 28.9. The van der Waals surface area contributed by atoms with Crippen LogP contribution < -0.4 is 0 Å². The molecule has 1 aliphatic heterocycles. The monoisotopic (exact) mass is 342 g/mol. The molecule has 0 aromatic rings. The Morgan fingerprint density at radius 2 is 1.17 bits per heavy atom. The molecule has 0 saturated carbocycles. The van der Waals surface area contributed by atoms with E-state index in [1.54, 1.807) is 0 Å². The third-order valence-corrected chi connectivity index (χ3v) is 2.85. The lowest BCUT2D eigenvalue weighted by atomic mass is 9.98. The van der Waals surface area contributed by atoms with Crippen molar-refractivity contribution < 1.29 is 42.9 Å². The van der Waals surface area contributed by atoms with Crippen LogP contribution in [0.4, 0.5) is 0 Å². The fraction of sp³-hybridized carbons (Fsp3) is 0.600. The lowest BCUT2D eigenvalue weighted by Crippen LogP contribution is -2.61. The summed E-state index contributed by atoms with van der Waals surface area (Å²) in [6.45, 7) is 4.44. The van der Waals surface area contributed by atoms with Crippen molar-refractivity contribution in [2.24, 2.45) is 0 Å². The van der Waals surface area contributed by atoms with Gasteiger partial charge in [0, 0.05) is 27.7 Å². The minimum atomic E-state index is -1.43. The van der Waals surface area contributed by atoms with Gasteiger partial charge < -0.3 is 23.7 Å². The zero-order valence-corrected chi connectivity index (χ0v) is 13.6. The Bertz CT molecular complexity index is 562. The molecule has 0 aromatic carbocycles. The van der Waals surface area contributed by atoms with E-state index in [4.69, 9.17) is 30.1 Å². The van der Waals surface area contributed by atoms with Gasteiger partial charge in [0.05, 0.1) is 0 Å². The standard InChI is InChI=1S/C15H18O9/c1-6-11-12(20-7(2)16)13(21-8(3)17)14(22-9(4)18)15(24-11)23-10(5)19/h1,11-15H,2-5H3/t11-,12+,13+,14?,15?/m0/s1. The van der Waals surface area contributed by atoms with Gasteiger partial charge in [0.2, 0.25) is 12.4 Å². The SMILES string of the molecule is C#C[C@@H]1OC(OC(C)=O)C(OC(C)=O)[C@H](OC(C)=O)[C@@H]1OC(C)=O. The molecule has 0 N–H and O–H groups in total. The second-order valence-corrected chi connectivity index (χ2v) is 4.92. The molecule has 1 heterocycles. The Balaban J connectivity index is 3.26. The van der Waals surface area contributed by atoms with Gasteiger partial charge in [-0.1, -0.05) is 5.92 Å². The fourth-order valence-electron chi connectivity index (χ4n) is 2.17. The largest absolute Gasteiger partial charge is 0.455 e. The highest BCUT2D eigenvalue weighted by Gasteiger charge is 2.52. The summed E-state index contributed by atoms with van der Waals surface area (Å²) >= 11 is 0. The number of carbonyl (C=O) groups is 4. The highest BCUT2D eigenvalue weighted by atomic mass is 16.7. The molecule has 1 fully saturated rings. The Morgan fingerprint density at radius 3 is 1.58 bits per heavy atom. The molecule has 5 atom stereocenters. The molecule has 24 heavy (non-hydrogen) atoms. The van der Waals surface area contributed by atoms with Crippen LogP contribution in [0.5, 0.6) is 0 Å². The van der Waals surface area contributed by atoms with Gasteiger partial charge >= 0.3 is 23.9 Å². The molecular weight excluding hydrogens is 324 g/mol. The highest BCUT2D eigenvalue weighted by Crippen LogP contribution is 2.29. The average Bonchev–Trinajstić information content (AvgIpc) is 2.42. The van der Waals surface area contributed by atoms with Crippen molar-refractivity contribution in [3.8, 4) is 12.3 Å². The van der Waals surface area contributed by atoms with Crippen LogP contribution in [0.25, 0.3) is 0 Å². The van der Waals surface area contributed by atoms with E-state index < -0.39 is 54.6 Å². The Morgan fingerprint density at radius 1 is 0.750 bits per heavy atom. The van der Waals surface area contributed by atoms with Crippen molar-refractivity contribution in [1.82, 2.24) is 0 Å². The van der Waals surface area contributed by atoms with Crippen LogP contribution in [0.2, 0.25) is 0 Å². The first-order valence-electron chi connectivity index (χ1n) is 6.96. The van der Waals surface area contributed by atoms with Gasteiger partial charge in [-0.25, -0.2) is 0 Å². The summed E-state index contributed by atoms with van der Waals surface area (Å²) in [5.74, 6) is -0.726. The van der Waals surface area contributed by atoms with E-state index in [2.05, 4.69) is 5.92 Å². The maximum Gasteiger partial charge on any atom is 0.305 e. The molecule has 0 radical (unpaired) electrons. The summed E-state index contributed by atoms with van der Waals surface area (Å²) in [4.78, 5) is 45.3. The third kappa shape index (κ3) is 5.24. The van der Waals surface area contributed by atoms with Gasteiger partial charge in [0.1, 0.15) is 0 Å². The van der Waals surface area contributed by atoms with E-state index in [-0.39, 0.29) is 0 Å². The number of hydrogen-bond donors (Lipinski definition) is 0. The van der Waals surface area contributed by atoms with Crippen LogP contribution in [0, 0.1) is 12.3 Å². The summed E-state index contributed by atoms with van der Waals surface area (Å²) in [5, 5.41) is 0. The summed E-state index contributed by atoms with van der Waals surface area (Å²) < 4.78 is 25.5. The first-order chi connectivity index (χ1) is 11.1. The van der Waals surface area contributed by atoms with Crippen molar-refractivity contribution in [1.29, 1.82) is 0 Å². The predicted molar refractivity (Wildman–Crippen MR) is 75.9 cm³/mol. The molecule has 2 unspecified atom stereocenters. The maximum absolute atomic E-state index is 11.4. The zero-order chi connectivity index (χ0) is 18.4. The zero-order valence-electron chi connectivity index (χ0n) is 13.6. The molecule has 132 valence electrons. The van der Waals surface area contributed by atoms with E-state index in [0.29, 0.717) is 0 Å². The molecule has 9 heteroatoms. The van der Waals surface area contributed by atoms with Gasteiger partial charge in [0.25, 0.3) is 0 Å². The van der Waals surface area contributed by atoms with Crippen LogP contribution in [-0.2, 0) is 42.9 Å². The second kappa shape index (κ2) is 8.31. The molecule has 0 amide bonds. The van der Waals surface area contributed by atoms with E-state index in [0.717, 1.165) is 27.7 Å². The minimum Gasteiger partial charge on any atom is -0.455 e. The van der Waals surface area contributed by atoms with Crippen molar-refractivity contribution in [3.63, 3.8) is 0 Å². The average molecular weight is 342 g/mol. The maximum atomic E-state index is 11.4. The number of terminal acetylenes is 1. The molecule has 0 aromatic heterocycles. The molecule has 0 bridgehead atoms. The van der Waals surface area contributed by atoms with Crippen molar-refractivity contribution in [2.75, 3.05) is 0 Å². The molecule has 1 saturated heterocycles. The van der Waals surface area contributed by atoms with Gasteiger partial charge in [-0.15, -0.1) is 6.42 Å². The lowest BCUT2D eigenvalue weighted by molar-refractivity contribution is -0.286. The summed E-state index contributed by atoms with van der Waals surface area (Å²) in [6.07, 6.45) is -1.18. The van der Waals surface area contributed by atoms with E-state index in [1.165, 1.54) is 0 Å². The summed E-state index contributed by atoms with van der Waals surface area (Å²) in [7, 11) is 0. The van der Waals surface area contributed by atoms with Crippen LogP contribution in [0.1, 0.15) is 27.7 Å². The number of carbonyl (C=O) groups excluding carboxylic acids is 4. The Labute approximate surface area is 138 Å². The second-order valence-electron chi connectivity index (χ2n) is 4.92. The third-order valence-electron chi connectivity index (χ3n) is 2.85. The molecule has 1 aliphatic rings. The summed E-state index contributed by atoms with van der Waals surface area (Å²) in [6, 6.07) is 0. The molecular formula is C15H18O9. The number of hydrogen-bond acceptors (Lipinski definition) is 9. The molecule has 0 aliphatic carbocycles. The Hall–Kier alpha value is -2.60. The van der Waals surface area contributed by atoms with E-state index in [9.17, 15) is 19.2 Å². The van der Waals surface area contributed by atoms with Gasteiger partial charge in [-0.2, -0.15) is 0 Å². The lowest BCUT2D eigenvalue weighted by Gasteiger charge is -2.42. The summed E-state index contributed by atoms with van der Waals surface area (Å²) in [5.41, 5.74) is 0. The van der Waals surface area contributed by atoms with Gasteiger partial charge in [0.15, 0.2) is 18.3 Å². The van der Waals surface area contributed by atoms with E-state index >= 15 is 0 Å². The number of ether oxygens (including phenoxy) is 5. The highest BCUT2D eigenvalue weighted by molar-refractivity contribution is 5.69. The predicted octanol–water partition coefficient (Wildman–Crippen LogP) is -0.297. The van der Waals surface area contributed by atoms with Crippen LogP contribution >= 0.6 is 0 Å². The van der Waals surface area contributed by atoms with Crippen molar-refractivity contribution >= 4 is 23.9 Å². The fourth-order valence-corrected chi connectivity index (χ4v) is 2.17. The van der Waals surface area contributed by atoms with Crippen LogP contribution in [-0.4, -0.2) is 54.6 Å². The van der Waals surface area contributed by atoms with Gasteiger partial charge in [-0.05, 0) is 0 Å². The Kier molecular flexibility index (Phi) is 6.73. The smallest absolute Gasteiger partial charge is 0.305 e. The first-order valence-corrected chi connectivity index (χ1v) is 6.96. The topological polar surface area (TPSA) is 114 Å². The van der Waals surface area contributed by atoms with Gasteiger partial charge in [-0.3, -0.25) is 19.2 Å².